The third-order valence-corrected chi connectivity index (χ3v) is 2.47. The Kier molecular flexibility index (Phi) is 4.84. The second-order valence-electron chi connectivity index (χ2n) is 3.59. The molecular weight excluding hydrogens is 186 g/mol. The number of hydrogen-bond acceptors (Lipinski definition) is 2. The van der Waals surface area contributed by atoms with Crippen LogP contribution in [0.15, 0.2) is 42.6 Å². The number of aliphatic imine (C=N–C) groups is 1. The minimum Gasteiger partial charge on any atom is -0.357 e. The normalized spacial score (nSPS) is 19.5. The molecule has 0 aliphatic carbocycles. The van der Waals surface area contributed by atoms with E-state index >= 15 is 0 Å². The van der Waals surface area contributed by atoms with Crippen LogP contribution in [0.1, 0.15) is 12.8 Å². The molecule has 0 unspecified atom stereocenters. The van der Waals surface area contributed by atoms with E-state index in [-0.39, 0.29) is 0 Å². The molecule has 82 valence electrons. The van der Waals surface area contributed by atoms with Gasteiger partial charge < -0.3 is 10.6 Å². The Morgan fingerprint density at radius 3 is 2.53 bits per heavy atom. The van der Waals surface area contributed by atoms with Crippen molar-refractivity contribution in [3.8, 4) is 0 Å². The van der Waals surface area contributed by atoms with Crippen molar-refractivity contribution in [3.63, 3.8) is 0 Å². The summed E-state index contributed by atoms with van der Waals surface area (Å²) in [6.45, 7) is 9.20. The third kappa shape index (κ3) is 3.72. The lowest BCUT2D eigenvalue weighted by atomic mass is 10.1. The van der Waals surface area contributed by atoms with Gasteiger partial charge in [-0.3, -0.25) is 0 Å². The number of nitrogens with two attached hydrogens (primary N) is 1. The van der Waals surface area contributed by atoms with Crippen LogP contribution < -0.4 is 5.73 Å². The van der Waals surface area contributed by atoms with E-state index in [2.05, 4.69) is 23.1 Å². The molecule has 0 aromatic heterocycles. The highest BCUT2D eigenvalue weighted by molar-refractivity contribution is 5.93. The smallest absolute Gasteiger partial charge is 0.128 e. The third-order valence-electron chi connectivity index (χ3n) is 2.47. The quantitative estimate of drug-likeness (QED) is 0.433. The Bertz CT molecular complexity index is 271. The van der Waals surface area contributed by atoms with Crippen molar-refractivity contribution in [3.05, 3.63) is 37.6 Å². The van der Waals surface area contributed by atoms with Crippen molar-refractivity contribution in [2.24, 2.45) is 10.7 Å². The second-order valence-corrected chi connectivity index (χ2v) is 3.59. The standard InChI is InChI=1S/C12H19N3/c1-3-5-6-12(14-4-2)15-9-7-11(13)8-10-15/h3-6,11H,1-2,7-10,13H2/b6-5-,14-12+. The minimum atomic E-state index is 0.342. The van der Waals surface area contributed by atoms with Gasteiger partial charge in [-0.05, 0) is 18.9 Å². The molecule has 0 bridgehead atoms. The zero-order valence-corrected chi connectivity index (χ0v) is 9.10. The molecule has 0 atom stereocenters. The fourth-order valence-corrected chi connectivity index (χ4v) is 1.61. The van der Waals surface area contributed by atoms with Crippen molar-refractivity contribution in [2.45, 2.75) is 18.9 Å². The predicted octanol–water partition coefficient (Wildman–Crippen LogP) is 1.69. The summed E-state index contributed by atoms with van der Waals surface area (Å²) in [7, 11) is 0. The van der Waals surface area contributed by atoms with E-state index in [0.29, 0.717) is 6.04 Å². The molecule has 0 radical (unpaired) electrons. The van der Waals surface area contributed by atoms with Crippen molar-refractivity contribution >= 4 is 5.84 Å². The van der Waals surface area contributed by atoms with Crippen LogP contribution in [0, 0.1) is 0 Å². The van der Waals surface area contributed by atoms with Crippen molar-refractivity contribution < 1.29 is 0 Å². The molecule has 1 aliphatic rings. The van der Waals surface area contributed by atoms with Crippen LogP contribution in [0.25, 0.3) is 0 Å². The van der Waals surface area contributed by atoms with Gasteiger partial charge >= 0.3 is 0 Å². The number of hydrogen-bond donors (Lipinski definition) is 1. The van der Waals surface area contributed by atoms with E-state index in [1.807, 2.05) is 12.2 Å². The lowest BCUT2D eigenvalue weighted by Gasteiger charge is -2.31. The molecule has 0 saturated carbocycles. The highest BCUT2D eigenvalue weighted by atomic mass is 15.2. The molecule has 2 N–H and O–H groups in total. The molecule has 0 aromatic carbocycles. The molecule has 1 heterocycles. The molecule has 1 fully saturated rings. The highest BCUT2D eigenvalue weighted by Crippen LogP contribution is 2.09. The summed E-state index contributed by atoms with van der Waals surface area (Å²) in [6, 6.07) is 0.342. The van der Waals surface area contributed by atoms with Crippen LogP contribution in [-0.2, 0) is 0 Å². The number of nitrogens with zero attached hydrogens (tertiary/aromatic N) is 2. The molecule has 0 amide bonds. The minimum absolute atomic E-state index is 0.342. The summed E-state index contributed by atoms with van der Waals surface area (Å²) in [5.41, 5.74) is 5.85. The first kappa shape index (κ1) is 11.7. The molecule has 15 heavy (non-hydrogen) atoms. The molecule has 3 nitrogen and oxygen atoms in total. The maximum absolute atomic E-state index is 5.85. The molecule has 1 aliphatic heterocycles. The van der Waals surface area contributed by atoms with E-state index in [9.17, 15) is 0 Å². The van der Waals surface area contributed by atoms with Gasteiger partial charge in [-0.1, -0.05) is 25.3 Å². The van der Waals surface area contributed by atoms with Gasteiger partial charge in [0.05, 0.1) is 0 Å². The van der Waals surface area contributed by atoms with Crippen molar-refractivity contribution in [1.29, 1.82) is 0 Å². The zero-order chi connectivity index (χ0) is 11.1. The number of likely N-dealkylation sites (tertiary alicyclic amines) is 1. The van der Waals surface area contributed by atoms with E-state index in [4.69, 9.17) is 5.73 Å². The van der Waals surface area contributed by atoms with Crippen LogP contribution in [0.3, 0.4) is 0 Å². The Morgan fingerprint density at radius 1 is 1.33 bits per heavy atom. The largest absolute Gasteiger partial charge is 0.357 e. The summed E-state index contributed by atoms with van der Waals surface area (Å²) < 4.78 is 0. The van der Waals surface area contributed by atoms with Gasteiger partial charge in [0.2, 0.25) is 0 Å². The van der Waals surface area contributed by atoms with Crippen molar-refractivity contribution in [2.75, 3.05) is 13.1 Å². The zero-order valence-electron chi connectivity index (χ0n) is 9.10. The van der Waals surface area contributed by atoms with E-state index in [1.165, 1.54) is 0 Å². The Balaban J connectivity index is 2.64. The van der Waals surface area contributed by atoms with E-state index < -0.39 is 0 Å². The molecule has 1 saturated heterocycles. The topological polar surface area (TPSA) is 41.6 Å². The van der Waals surface area contributed by atoms with Crippen LogP contribution in [0.5, 0.6) is 0 Å². The van der Waals surface area contributed by atoms with E-state index in [0.717, 1.165) is 31.8 Å². The Labute approximate surface area is 91.7 Å². The summed E-state index contributed by atoms with van der Waals surface area (Å²) in [5, 5.41) is 0. The summed E-state index contributed by atoms with van der Waals surface area (Å²) in [5.74, 6) is 0.941. The number of amidine groups is 1. The van der Waals surface area contributed by atoms with Crippen LogP contribution >= 0.6 is 0 Å². The number of rotatable bonds is 3. The summed E-state index contributed by atoms with van der Waals surface area (Å²) in [4.78, 5) is 6.47. The molecule has 0 aromatic rings. The Morgan fingerprint density at radius 2 is 2.00 bits per heavy atom. The maximum atomic E-state index is 5.85. The average Bonchev–Trinajstić information content (AvgIpc) is 2.25. The fraction of sp³-hybridized carbons (Fsp3) is 0.417. The lowest BCUT2D eigenvalue weighted by molar-refractivity contribution is 0.315. The van der Waals surface area contributed by atoms with Gasteiger partial charge in [0, 0.05) is 25.3 Å². The monoisotopic (exact) mass is 205 g/mol. The first-order valence-corrected chi connectivity index (χ1v) is 5.26. The fourth-order valence-electron chi connectivity index (χ4n) is 1.61. The molecular formula is C12H19N3. The summed E-state index contributed by atoms with van der Waals surface area (Å²) in [6.07, 6.45) is 9.20. The predicted molar refractivity (Wildman–Crippen MR) is 65.8 cm³/mol. The first-order chi connectivity index (χ1) is 7.27. The van der Waals surface area contributed by atoms with Gasteiger partial charge in [-0.25, -0.2) is 4.99 Å². The van der Waals surface area contributed by atoms with E-state index in [1.54, 1.807) is 12.3 Å². The molecule has 0 spiro atoms. The number of allylic oxidation sites excluding steroid dienone is 2. The van der Waals surface area contributed by atoms with Crippen molar-refractivity contribution in [1.82, 2.24) is 4.90 Å². The van der Waals surface area contributed by atoms with Gasteiger partial charge in [0.25, 0.3) is 0 Å². The van der Waals surface area contributed by atoms with Gasteiger partial charge in [-0.2, -0.15) is 0 Å². The molecule has 1 rings (SSSR count). The SMILES string of the molecule is C=C/C=C\C(=N/C=C)N1CCC(N)CC1. The van der Waals surface area contributed by atoms with Gasteiger partial charge in [-0.15, -0.1) is 0 Å². The van der Waals surface area contributed by atoms with Crippen LogP contribution in [-0.4, -0.2) is 29.9 Å². The maximum Gasteiger partial charge on any atom is 0.128 e. The van der Waals surface area contributed by atoms with Gasteiger partial charge in [0.15, 0.2) is 0 Å². The highest BCUT2D eigenvalue weighted by Gasteiger charge is 2.17. The lowest BCUT2D eigenvalue weighted by Crippen LogP contribution is -2.42. The average molecular weight is 205 g/mol. The van der Waals surface area contributed by atoms with Crippen LogP contribution in [0.2, 0.25) is 0 Å². The summed E-state index contributed by atoms with van der Waals surface area (Å²) >= 11 is 0. The number of piperidine rings is 1. The Hall–Kier alpha value is -1.35. The van der Waals surface area contributed by atoms with Crippen LogP contribution in [0.4, 0.5) is 0 Å². The van der Waals surface area contributed by atoms with Gasteiger partial charge in [0.1, 0.15) is 5.84 Å². The second kappa shape index (κ2) is 6.19. The molecule has 3 heteroatoms. The first-order valence-electron chi connectivity index (χ1n) is 5.26.